The SMILES string of the molecule is O=C(O)c1oc(-c2ccc(Cl)cc2)nc1C1CC1. The third-order valence-corrected chi connectivity index (χ3v) is 3.15. The minimum Gasteiger partial charge on any atom is -0.475 e. The Kier molecular flexibility index (Phi) is 2.59. The highest BCUT2D eigenvalue weighted by Crippen LogP contribution is 2.42. The van der Waals surface area contributed by atoms with Gasteiger partial charge in [0.25, 0.3) is 0 Å². The number of benzene rings is 1. The summed E-state index contributed by atoms with van der Waals surface area (Å²) >= 11 is 5.80. The summed E-state index contributed by atoms with van der Waals surface area (Å²) in [7, 11) is 0. The number of carboxylic acid groups (broad SMARTS) is 1. The highest BCUT2D eigenvalue weighted by Gasteiger charge is 2.33. The highest BCUT2D eigenvalue weighted by atomic mass is 35.5. The Morgan fingerprint density at radius 1 is 1.33 bits per heavy atom. The van der Waals surface area contributed by atoms with E-state index < -0.39 is 5.97 Å². The average molecular weight is 264 g/mol. The van der Waals surface area contributed by atoms with Crippen LogP contribution >= 0.6 is 11.6 Å². The zero-order valence-electron chi connectivity index (χ0n) is 9.39. The third kappa shape index (κ3) is 1.99. The van der Waals surface area contributed by atoms with Crippen LogP contribution in [0.15, 0.2) is 28.7 Å². The van der Waals surface area contributed by atoms with E-state index in [-0.39, 0.29) is 11.7 Å². The van der Waals surface area contributed by atoms with Crippen LogP contribution in [0.2, 0.25) is 5.02 Å². The maximum Gasteiger partial charge on any atom is 0.373 e. The largest absolute Gasteiger partial charge is 0.475 e. The maximum atomic E-state index is 11.1. The Morgan fingerprint density at radius 3 is 2.56 bits per heavy atom. The van der Waals surface area contributed by atoms with E-state index in [1.807, 2.05) is 0 Å². The summed E-state index contributed by atoms with van der Waals surface area (Å²) in [6, 6.07) is 6.96. The summed E-state index contributed by atoms with van der Waals surface area (Å²) in [5.74, 6) is -0.529. The molecule has 1 saturated carbocycles. The first-order valence-electron chi connectivity index (χ1n) is 5.65. The minimum absolute atomic E-state index is 0.0394. The number of carboxylic acids is 1. The summed E-state index contributed by atoms with van der Waals surface area (Å²) < 4.78 is 5.35. The molecular weight excluding hydrogens is 254 g/mol. The molecule has 1 fully saturated rings. The summed E-state index contributed by atoms with van der Waals surface area (Å²) in [6.07, 6.45) is 1.96. The van der Waals surface area contributed by atoms with Crippen molar-refractivity contribution in [2.45, 2.75) is 18.8 Å². The number of hydrogen-bond donors (Lipinski definition) is 1. The highest BCUT2D eigenvalue weighted by molar-refractivity contribution is 6.30. The van der Waals surface area contributed by atoms with Gasteiger partial charge in [0.1, 0.15) is 0 Å². The lowest BCUT2D eigenvalue weighted by molar-refractivity contribution is 0.0661. The molecular formula is C13H10ClNO3. The topological polar surface area (TPSA) is 63.3 Å². The van der Waals surface area contributed by atoms with Crippen LogP contribution in [0.3, 0.4) is 0 Å². The average Bonchev–Trinajstić information content (AvgIpc) is 3.09. The molecule has 18 heavy (non-hydrogen) atoms. The normalized spacial score (nSPS) is 14.7. The fourth-order valence-electron chi connectivity index (χ4n) is 1.83. The first kappa shape index (κ1) is 11.3. The Morgan fingerprint density at radius 2 is 2.00 bits per heavy atom. The molecule has 0 amide bonds. The van der Waals surface area contributed by atoms with E-state index in [1.54, 1.807) is 24.3 Å². The fraction of sp³-hybridized carbons (Fsp3) is 0.231. The van der Waals surface area contributed by atoms with Gasteiger partial charge in [-0.05, 0) is 37.1 Å². The van der Waals surface area contributed by atoms with Crippen LogP contribution in [0.25, 0.3) is 11.5 Å². The molecule has 1 aromatic heterocycles. The summed E-state index contributed by atoms with van der Waals surface area (Å²) in [5, 5.41) is 9.71. The molecule has 0 spiro atoms. The van der Waals surface area contributed by atoms with E-state index in [0.717, 1.165) is 18.4 Å². The van der Waals surface area contributed by atoms with E-state index in [9.17, 15) is 4.79 Å². The molecule has 92 valence electrons. The second-order valence-electron chi connectivity index (χ2n) is 4.32. The number of halogens is 1. The van der Waals surface area contributed by atoms with Gasteiger partial charge in [-0.25, -0.2) is 9.78 Å². The summed E-state index contributed by atoms with van der Waals surface area (Å²) in [6.45, 7) is 0. The molecule has 2 aromatic rings. The Labute approximate surface area is 108 Å². The van der Waals surface area contributed by atoms with Crippen molar-refractivity contribution in [2.24, 2.45) is 0 Å². The van der Waals surface area contributed by atoms with Crippen molar-refractivity contribution in [3.63, 3.8) is 0 Å². The third-order valence-electron chi connectivity index (χ3n) is 2.90. The predicted molar refractivity (Wildman–Crippen MR) is 65.9 cm³/mol. The van der Waals surface area contributed by atoms with E-state index >= 15 is 0 Å². The molecule has 3 rings (SSSR count). The van der Waals surface area contributed by atoms with Crippen molar-refractivity contribution in [2.75, 3.05) is 0 Å². The molecule has 0 atom stereocenters. The van der Waals surface area contributed by atoms with Gasteiger partial charge in [0, 0.05) is 16.5 Å². The Bertz CT molecular complexity index is 599. The molecule has 4 nitrogen and oxygen atoms in total. The van der Waals surface area contributed by atoms with Crippen LogP contribution in [0.1, 0.15) is 35.0 Å². The smallest absolute Gasteiger partial charge is 0.373 e. The first-order chi connectivity index (χ1) is 8.65. The van der Waals surface area contributed by atoms with Gasteiger partial charge < -0.3 is 9.52 Å². The van der Waals surface area contributed by atoms with Crippen LogP contribution in [0.4, 0.5) is 0 Å². The van der Waals surface area contributed by atoms with E-state index in [2.05, 4.69) is 4.98 Å². The van der Waals surface area contributed by atoms with Crippen molar-refractivity contribution < 1.29 is 14.3 Å². The molecule has 0 radical (unpaired) electrons. The van der Waals surface area contributed by atoms with Crippen molar-refractivity contribution in [1.29, 1.82) is 0 Å². The zero-order chi connectivity index (χ0) is 12.7. The zero-order valence-corrected chi connectivity index (χ0v) is 10.1. The molecule has 5 heteroatoms. The van der Waals surface area contributed by atoms with Gasteiger partial charge in [0.15, 0.2) is 0 Å². The molecule has 1 aliphatic rings. The van der Waals surface area contributed by atoms with E-state index in [4.69, 9.17) is 21.1 Å². The maximum absolute atomic E-state index is 11.1. The van der Waals surface area contributed by atoms with Crippen LogP contribution in [-0.4, -0.2) is 16.1 Å². The van der Waals surface area contributed by atoms with Crippen LogP contribution in [0.5, 0.6) is 0 Å². The second kappa shape index (κ2) is 4.14. The fourth-order valence-corrected chi connectivity index (χ4v) is 1.96. The quantitative estimate of drug-likeness (QED) is 0.919. The summed E-state index contributed by atoms with van der Waals surface area (Å²) in [5.41, 5.74) is 1.29. The molecule has 1 N–H and O–H groups in total. The Balaban J connectivity index is 2.04. The molecule has 1 heterocycles. The predicted octanol–water partition coefficient (Wildman–Crippen LogP) is 3.57. The van der Waals surface area contributed by atoms with Crippen molar-refractivity contribution in [3.8, 4) is 11.5 Å². The van der Waals surface area contributed by atoms with Crippen molar-refractivity contribution >= 4 is 17.6 Å². The molecule has 0 bridgehead atoms. The van der Waals surface area contributed by atoms with Gasteiger partial charge in [-0.15, -0.1) is 0 Å². The molecule has 1 aliphatic carbocycles. The van der Waals surface area contributed by atoms with Crippen LogP contribution in [-0.2, 0) is 0 Å². The standard InChI is InChI=1S/C13H10ClNO3/c14-9-5-3-8(4-6-9)12-15-10(7-1-2-7)11(18-12)13(16)17/h3-7H,1-2H2,(H,16,17). The lowest BCUT2D eigenvalue weighted by Gasteiger charge is -1.94. The number of aromatic nitrogens is 1. The molecule has 0 unspecified atom stereocenters. The first-order valence-corrected chi connectivity index (χ1v) is 6.03. The van der Waals surface area contributed by atoms with Crippen molar-refractivity contribution in [3.05, 3.63) is 40.7 Å². The van der Waals surface area contributed by atoms with Gasteiger partial charge in [-0.2, -0.15) is 0 Å². The Hall–Kier alpha value is -1.81. The van der Waals surface area contributed by atoms with Gasteiger partial charge in [-0.1, -0.05) is 11.6 Å². The lowest BCUT2D eigenvalue weighted by Crippen LogP contribution is -1.98. The number of rotatable bonds is 3. The van der Waals surface area contributed by atoms with Crippen LogP contribution < -0.4 is 0 Å². The van der Waals surface area contributed by atoms with Gasteiger partial charge in [0.05, 0.1) is 5.69 Å². The van der Waals surface area contributed by atoms with Crippen molar-refractivity contribution in [1.82, 2.24) is 4.98 Å². The summed E-state index contributed by atoms with van der Waals surface area (Å²) in [4.78, 5) is 15.4. The number of aromatic carboxylic acids is 1. The lowest BCUT2D eigenvalue weighted by atomic mass is 10.2. The van der Waals surface area contributed by atoms with Crippen LogP contribution in [0, 0.1) is 0 Å². The second-order valence-corrected chi connectivity index (χ2v) is 4.76. The molecule has 1 aromatic carbocycles. The molecule has 0 saturated heterocycles. The van der Waals surface area contributed by atoms with Gasteiger partial charge in [0.2, 0.25) is 11.7 Å². The van der Waals surface area contributed by atoms with Gasteiger partial charge >= 0.3 is 5.97 Å². The monoisotopic (exact) mass is 263 g/mol. The molecule has 0 aliphatic heterocycles. The van der Waals surface area contributed by atoms with Gasteiger partial charge in [-0.3, -0.25) is 0 Å². The number of oxazole rings is 1. The van der Waals surface area contributed by atoms with E-state index in [0.29, 0.717) is 16.6 Å². The van der Waals surface area contributed by atoms with E-state index in [1.165, 1.54) is 0 Å². The minimum atomic E-state index is -1.07. The number of nitrogens with zero attached hydrogens (tertiary/aromatic N) is 1. The number of carbonyl (C=O) groups is 1. The number of hydrogen-bond acceptors (Lipinski definition) is 3.